The van der Waals surface area contributed by atoms with Crippen molar-refractivity contribution in [2.45, 2.75) is 74.6 Å². The van der Waals surface area contributed by atoms with E-state index >= 15 is 0 Å². The van der Waals surface area contributed by atoms with Crippen LogP contribution in [0.1, 0.15) is 57.4 Å². The molecule has 3 aromatic rings. The molecule has 48 heavy (non-hydrogen) atoms. The van der Waals surface area contributed by atoms with Crippen LogP contribution < -0.4 is 10.2 Å². The summed E-state index contributed by atoms with van der Waals surface area (Å²) in [7, 11) is -3.07. The molecule has 0 aromatic heterocycles. The molecule has 12 nitrogen and oxygen atoms in total. The van der Waals surface area contributed by atoms with E-state index in [1.807, 2.05) is 6.07 Å². The number of para-hydroxylation sites is 1. The number of carbonyl (C=O) groups is 3. The zero-order valence-electron chi connectivity index (χ0n) is 27.4. The summed E-state index contributed by atoms with van der Waals surface area (Å²) >= 11 is 0. The van der Waals surface area contributed by atoms with E-state index in [4.69, 9.17) is 14.2 Å². The van der Waals surface area contributed by atoms with Gasteiger partial charge in [0.05, 0.1) is 17.7 Å². The third-order valence-electron chi connectivity index (χ3n) is 8.89. The molecule has 3 heterocycles. The number of likely N-dealkylation sites (tertiary alicyclic amines) is 1. The van der Waals surface area contributed by atoms with Crippen LogP contribution >= 0.6 is 0 Å². The first kappa shape index (κ1) is 33.4. The summed E-state index contributed by atoms with van der Waals surface area (Å²) < 4.78 is 48.4. The second-order valence-corrected chi connectivity index (χ2v) is 14.8. The average Bonchev–Trinajstić information content (AvgIpc) is 3.76. The fourth-order valence-electron chi connectivity index (χ4n) is 6.94. The minimum atomic E-state index is -4.32. The number of benzene rings is 3. The summed E-state index contributed by atoms with van der Waals surface area (Å²) in [6, 6.07) is 23.3. The number of anilines is 1. The van der Waals surface area contributed by atoms with Gasteiger partial charge in [0.15, 0.2) is 12.5 Å². The van der Waals surface area contributed by atoms with Crippen molar-refractivity contribution >= 4 is 33.8 Å². The molecule has 6 rings (SSSR count). The Labute approximate surface area is 280 Å². The van der Waals surface area contributed by atoms with E-state index < -0.39 is 57.8 Å². The van der Waals surface area contributed by atoms with Gasteiger partial charge in [0.25, 0.3) is 5.91 Å². The van der Waals surface area contributed by atoms with Crippen molar-refractivity contribution in [3.63, 3.8) is 0 Å². The lowest BCUT2D eigenvalue weighted by atomic mass is 9.87. The Balaban J connectivity index is 1.53. The van der Waals surface area contributed by atoms with E-state index in [1.165, 1.54) is 33.3 Å². The summed E-state index contributed by atoms with van der Waals surface area (Å²) in [6.07, 6.45) is -2.57. The topological polar surface area (TPSA) is 135 Å². The van der Waals surface area contributed by atoms with Crippen LogP contribution in [0.15, 0.2) is 89.8 Å². The third kappa shape index (κ3) is 5.80. The van der Waals surface area contributed by atoms with E-state index in [1.54, 1.807) is 87.5 Å². The molecule has 3 aliphatic rings. The number of carbonyl (C=O) groups excluding carboxylic acids is 3. The zero-order valence-corrected chi connectivity index (χ0v) is 28.2. The molecule has 2 fully saturated rings. The molecule has 0 saturated carbocycles. The largest absolute Gasteiger partial charge is 0.453 e. The zero-order chi connectivity index (χ0) is 34.3. The lowest BCUT2D eigenvalue weighted by Crippen LogP contribution is -2.56. The Morgan fingerprint density at radius 2 is 1.60 bits per heavy atom. The van der Waals surface area contributed by atoms with E-state index in [2.05, 4.69) is 5.32 Å². The molecule has 3 amide bonds. The molecular weight excluding hydrogens is 636 g/mol. The predicted molar refractivity (Wildman–Crippen MR) is 176 cm³/mol. The van der Waals surface area contributed by atoms with Crippen LogP contribution in [0.2, 0.25) is 0 Å². The van der Waals surface area contributed by atoms with Crippen molar-refractivity contribution < 1.29 is 37.0 Å². The Bertz CT molecular complexity index is 1780. The van der Waals surface area contributed by atoms with E-state index in [9.17, 15) is 22.8 Å². The Morgan fingerprint density at radius 1 is 0.958 bits per heavy atom. The van der Waals surface area contributed by atoms with Gasteiger partial charge in [-0.05, 0) is 63.8 Å². The predicted octanol–water partition coefficient (Wildman–Crippen LogP) is 5.12. The first-order valence-electron chi connectivity index (χ1n) is 15.9. The fraction of sp³-hybridized carbons (Fsp3) is 0.400. The minimum Gasteiger partial charge on any atom is -0.453 e. The van der Waals surface area contributed by atoms with Crippen molar-refractivity contribution in [2.75, 3.05) is 25.1 Å². The van der Waals surface area contributed by atoms with Crippen LogP contribution in [-0.4, -0.2) is 73.8 Å². The lowest BCUT2D eigenvalue weighted by molar-refractivity contribution is -0.126. The van der Waals surface area contributed by atoms with Crippen LogP contribution in [0, 0.1) is 0 Å². The van der Waals surface area contributed by atoms with E-state index in [0.29, 0.717) is 36.2 Å². The van der Waals surface area contributed by atoms with Crippen LogP contribution in [0.4, 0.5) is 15.3 Å². The van der Waals surface area contributed by atoms with Crippen LogP contribution in [-0.2, 0) is 34.6 Å². The maximum atomic E-state index is 14.9. The van der Waals surface area contributed by atoms with Crippen molar-refractivity contribution in [1.29, 1.82) is 0 Å². The molecule has 0 spiro atoms. The van der Waals surface area contributed by atoms with Crippen molar-refractivity contribution in [2.24, 2.45) is 0 Å². The number of alkyl carbamates (subject to hydrolysis) is 1. The van der Waals surface area contributed by atoms with Crippen LogP contribution in [0.5, 0.6) is 0 Å². The van der Waals surface area contributed by atoms with Crippen molar-refractivity contribution in [3.8, 4) is 0 Å². The first-order chi connectivity index (χ1) is 22.9. The fourth-order valence-corrected chi connectivity index (χ4v) is 8.80. The summed E-state index contributed by atoms with van der Waals surface area (Å²) in [5.74, 6) is -0.413. The molecule has 13 heteroatoms. The van der Waals surface area contributed by atoms with Crippen molar-refractivity contribution in [3.05, 3.63) is 96.1 Å². The van der Waals surface area contributed by atoms with Crippen LogP contribution in [0.25, 0.3) is 0 Å². The molecule has 3 aliphatic heterocycles. The molecule has 3 aromatic carbocycles. The number of hydrogen-bond donors (Lipinski definition) is 1. The van der Waals surface area contributed by atoms with E-state index in [0.717, 1.165) is 0 Å². The number of hydrogen-bond acceptors (Lipinski definition) is 8. The van der Waals surface area contributed by atoms with E-state index in [-0.39, 0.29) is 17.9 Å². The number of methoxy groups -OCH3 is 1. The summed E-state index contributed by atoms with van der Waals surface area (Å²) in [5, 5.41) is 2.70. The Kier molecular flexibility index (Phi) is 8.96. The maximum absolute atomic E-state index is 14.9. The minimum absolute atomic E-state index is 0.00131. The van der Waals surface area contributed by atoms with Gasteiger partial charge in [0.2, 0.25) is 10.0 Å². The highest BCUT2D eigenvalue weighted by Crippen LogP contribution is 2.60. The average molecular weight is 677 g/mol. The molecule has 0 bridgehead atoms. The van der Waals surface area contributed by atoms with Crippen molar-refractivity contribution in [1.82, 2.24) is 14.5 Å². The highest BCUT2D eigenvalue weighted by atomic mass is 32.2. The number of rotatable bonds is 7. The normalized spacial score (nSPS) is 23.8. The highest BCUT2D eigenvalue weighted by molar-refractivity contribution is 7.89. The molecule has 2 saturated heterocycles. The molecule has 0 radical (unpaired) electrons. The number of fused-ring (bicyclic) bond motifs is 3. The molecule has 0 aliphatic carbocycles. The maximum Gasteiger partial charge on any atom is 0.410 e. The second-order valence-electron chi connectivity index (χ2n) is 13.0. The molecule has 1 N–H and O–H groups in total. The monoisotopic (exact) mass is 676 g/mol. The molecule has 254 valence electrons. The quantitative estimate of drug-likeness (QED) is 0.365. The number of sulfonamides is 1. The summed E-state index contributed by atoms with van der Waals surface area (Å²) in [6.45, 7) is 5.63. The Hall–Kier alpha value is -4.46. The summed E-state index contributed by atoms with van der Waals surface area (Å²) in [5.41, 5.74) is -0.708. The molecule has 2 unspecified atom stereocenters. The lowest BCUT2D eigenvalue weighted by Gasteiger charge is -2.38. The standard InChI is InChI=1S/C35H40N4O8S/c1-34(2,3)47-33(42)37-23-13-20-28(37)29(40)38-27-19-12-11-18-26(27)35(21-22-36-32(41)45-4)31(38)46-30(24-14-7-5-8-15-24)39(35)48(43,44)25-16-9-6-10-17-25/h5-12,14-19,28,30-31H,13,20-23H2,1-4H3,(H,36,41)/t28?,30?,31-,35-/m0/s1. The van der Waals surface area contributed by atoms with Gasteiger partial charge in [-0.15, -0.1) is 0 Å². The van der Waals surface area contributed by atoms with Gasteiger partial charge in [-0.3, -0.25) is 14.6 Å². The van der Waals surface area contributed by atoms with Crippen LogP contribution in [0.3, 0.4) is 0 Å². The Morgan fingerprint density at radius 3 is 2.27 bits per heavy atom. The summed E-state index contributed by atoms with van der Waals surface area (Å²) in [4.78, 5) is 43.3. The van der Waals surface area contributed by atoms with Gasteiger partial charge < -0.3 is 19.5 Å². The first-order valence-corrected chi connectivity index (χ1v) is 17.4. The smallest absolute Gasteiger partial charge is 0.410 e. The second kappa shape index (κ2) is 12.9. The van der Waals surface area contributed by atoms with Gasteiger partial charge in [-0.1, -0.05) is 66.7 Å². The number of nitrogens with one attached hydrogen (secondary N) is 1. The SMILES string of the molecule is COC(=O)NCC[C@]12c3ccccc3N(C(=O)C3CCCN3C(=O)OC(C)(C)C)[C@H]1OC(c1ccccc1)N2S(=O)(=O)c1ccccc1. The highest BCUT2D eigenvalue weighted by Gasteiger charge is 2.68. The van der Waals surface area contributed by atoms with Gasteiger partial charge in [-0.2, -0.15) is 4.31 Å². The molecule has 4 atom stereocenters. The van der Waals surface area contributed by atoms with Gasteiger partial charge >= 0.3 is 12.2 Å². The van der Waals surface area contributed by atoms with Gasteiger partial charge in [0, 0.05) is 18.7 Å². The number of ether oxygens (including phenoxy) is 3. The molecular formula is C35H40N4O8S. The number of amides is 3. The third-order valence-corrected chi connectivity index (χ3v) is 10.8. The number of nitrogens with zero attached hydrogens (tertiary/aromatic N) is 3. The van der Waals surface area contributed by atoms with Gasteiger partial charge in [-0.25, -0.2) is 18.0 Å². The van der Waals surface area contributed by atoms with Gasteiger partial charge in [0.1, 0.15) is 17.2 Å².